The first-order valence-corrected chi connectivity index (χ1v) is 8.03. The molecule has 0 amide bonds. The predicted octanol–water partition coefficient (Wildman–Crippen LogP) is 2.67. The number of aliphatic hydroxyl groups is 1. The fourth-order valence-corrected chi connectivity index (χ4v) is 2.42. The molecule has 0 heterocycles. The van der Waals surface area contributed by atoms with Gasteiger partial charge in [0.15, 0.2) is 23.0 Å². The largest absolute Gasteiger partial charge is 0.493 e. The number of hydrogen-bond donors (Lipinski definition) is 2. The summed E-state index contributed by atoms with van der Waals surface area (Å²) in [5.41, 5.74) is 0.326. The number of hydrogen-bond acceptors (Lipinski definition) is 6. The Bertz CT molecular complexity index is 744. The average molecular weight is 362 g/mol. The minimum atomic E-state index is -1.53. The van der Waals surface area contributed by atoms with Gasteiger partial charge in [-0.25, -0.2) is 4.79 Å². The molecule has 2 aromatic rings. The summed E-state index contributed by atoms with van der Waals surface area (Å²) in [4.78, 5) is 11.7. The van der Waals surface area contributed by atoms with E-state index >= 15 is 0 Å². The first kappa shape index (κ1) is 19.4. The summed E-state index contributed by atoms with van der Waals surface area (Å²) >= 11 is 0. The summed E-state index contributed by atoms with van der Waals surface area (Å²) in [5, 5.41) is 20.1. The molecule has 0 fully saturated rings. The lowest BCUT2D eigenvalue weighted by Gasteiger charge is -2.22. The summed E-state index contributed by atoms with van der Waals surface area (Å²) in [6.45, 7) is 2.29. The molecule has 0 radical (unpaired) electrons. The van der Waals surface area contributed by atoms with E-state index in [9.17, 15) is 15.0 Å². The van der Waals surface area contributed by atoms with Crippen molar-refractivity contribution in [3.05, 3.63) is 48.0 Å². The highest BCUT2D eigenvalue weighted by atomic mass is 16.5. The number of carboxylic acid groups (broad SMARTS) is 1. The molecule has 2 aromatic carbocycles. The van der Waals surface area contributed by atoms with Crippen molar-refractivity contribution >= 4 is 5.97 Å². The summed E-state index contributed by atoms with van der Waals surface area (Å²) in [5.74, 6) is 0.180. The highest BCUT2D eigenvalue weighted by Crippen LogP contribution is 2.34. The molecule has 7 heteroatoms. The minimum absolute atomic E-state index is 0.222. The van der Waals surface area contributed by atoms with E-state index < -0.39 is 18.2 Å². The van der Waals surface area contributed by atoms with E-state index in [0.717, 1.165) is 0 Å². The molecular formula is C19H22O7. The molecular weight excluding hydrogens is 340 g/mol. The SMILES string of the molecule is CCOc1ccc(C(O)C(Oc2ccccc2OC)C(=O)O)cc1OC. The van der Waals surface area contributed by atoms with Crippen LogP contribution < -0.4 is 18.9 Å². The number of para-hydroxylation sites is 2. The number of carbonyl (C=O) groups is 1. The Morgan fingerprint density at radius 2 is 1.65 bits per heavy atom. The minimum Gasteiger partial charge on any atom is -0.493 e. The molecule has 140 valence electrons. The topological polar surface area (TPSA) is 94.5 Å². The van der Waals surface area contributed by atoms with Crippen LogP contribution in [0.2, 0.25) is 0 Å². The van der Waals surface area contributed by atoms with Crippen LogP contribution in [0.5, 0.6) is 23.0 Å². The Labute approximate surface area is 151 Å². The van der Waals surface area contributed by atoms with Gasteiger partial charge in [0.05, 0.1) is 20.8 Å². The number of aliphatic carboxylic acids is 1. The Balaban J connectivity index is 2.31. The third-order valence-electron chi connectivity index (χ3n) is 3.68. The lowest BCUT2D eigenvalue weighted by molar-refractivity contribution is -0.150. The molecule has 0 aromatic heterocycles. The third-order valence-corrected chi connectivity index (χ3v) is 3.68. The predicted molar refractivity (Wildman–Crippen MR) is 94.2 cm³/mol. The zero-order chi connectivity index (χ0) is 19.1. The fraction of sp³-hybridized carbons (Fsp3) is 0.316. The Morgan fingerprint density at radius 3 is 2.23 bits per heavy atom. The summed E-state index contributed by atoms with van der Waals surface area (Å²) < 4.78 is 21.3. The first-order valence-electron chi connectivity index (χ1n) is 8.03. The highest BCUT2D eigenvalue weighted by Gasteiger charge is 2.31. The summed E-state index contributed by atoms with van der Waals surface area (Å²) in [7, 11) is 2.92. The molecule has 2 atom stereocenters. The van der Waals surface area contributed by atoms with Crippen molar-refractivity contribution in [3.8, 4) is 23.0 Å². The Kier molecular flexibility index (Phi) is 6.68. The van der Waals surface area contributed by atoms with Crippen LogP contribution in [0.3, 0.4) is 0 Å². The van der Waals surface area contributed by atoms with Crippen molar-refractivity contribution < 1.29 is 34.0 Å². The second-order valence-electron chi connectivity index (χ2n) is 5.32. The average Bonchev–Trinajstić information content (AvgIpc) is 2.66. The maximum atomic E-state index is 11.7. The van der Waals surface area contributed by atoms with Gasteiger partial charge in [-0.2, -0.15) is 0 Å². The molecule has 0 saturated heterocycles. The molecule has 2 N–H and O–H groups in total. The van der Waals surface area contributed by atoms with Gasteiger partial charge < -0.3 is 29.2 Å². The number of rotatable bonds is 9. The Hall–Kier alpha value is -2.93. The van der Waals surface area contributed by atoms with Crippen molar-refractivity contribution in [2.75, 3.05) is 20.8 Å². The van der Waals surface area contributed by atoms with Crippen LogP contribution in [0.25, 0.3) is 0 Å². The second-order valence-corrected chi connectivity index (χ2v) is 5.32. The van der Waals surface area contributed by atoms with E-state index in [1.165, 1.54) is 20.3 Å². The van der Waals surface area contributed by atoms with Gasteiger partial charge in [0.25, 0.3) is 0 Å². The number of methoxy groups -OCH3 is 2. The van der Waals surface area contributed by atoms with Crippen LogP contribution in [0, 0.1) is 0 Å². The smallest absolute Gasteiger partial charge is 0.348 e. The van der Waals surface area contributed by atoms with Gasteiger partial charge in [-0.15, -0.1) is 0 Å². The van der Waals surface area contributed by atoms with Crippen LogP contribution in [0.15, 0.2) is 42.5 Å². The van der Waals surface area contributed by atoms with Crippen molar-refractivity contribution in [2.24, 2.45) is 0 Å². The van der Waals surface area contributed by atoms with Crippen LogP contribution in [-0.4, -0.2) is 43.1 Å². The van der Waals surface area contributed by atoms with Crippen molar-refractivity contribution in [2.45, 2.75) is 19.1 Å². The lowest BCUT2D eigenvalue weighted by atomic mass is 10.0. The highest BCUT2D eigenvalue weighted by molar-refractivity contribution is 5.74. The van der Waals surface area contributed by atoms with Crippen LogP contribution in [0.4, 0.5) is 0 Å². The van der Waals surface area contributed by atoms with Crippen LogP contribution in [-0.2, 0) is 4.79 Å². The molecule has 0 aliphatic carbocycles. The van der Waals surface area contributed by atoms with E-state index in [1.54, 1.807) is 36.4 Å². The maximum Gasteiger partial charge on any atom is 0.348 e. The standard InChI is InChI=1S/C19H22O7/c1-4-25-14-10-9-12(11-16(14)24-3)17(20)18(19(21)22)26-15-8-6-5-7-13(15)23-2/h5-11,17-18,20H,4H2,1-3H3,(H,21,22). The number of ether oxygens (including phenoxy) is 4. The monoisotopic (exact) mass is 362 g/mol. The van der Waals surface area contributed by atoms with Gasteiger partial charge >= 0.3 is 5.97 Å². The van der Waals surface area contributed by atoms with E-state index in [2.05, 4.69) is 0 Å². The molecule has 0 aliphatic heterocycles. The summed E-state index contributed by atoms with van der Waals surface area (Å²) in [6.07, 6.45) is -2.96. The van der Waals surface area contributed by atoms with E-state index in [0.29, 0.717) is 29.4 Å². The van der Waals surface area contributed by atoms with Gasteiger partial charge in [-0.3, -0.25) is 0 Å². The molecule has 0 aliphatic rings. The van der Waals surface area contributed by atoms with Gasteiger partial charge in [-0.05, 0) is 36.8 Å². The fourth-order valence-electron chi connectivity index (χ4n) is 2.42. The molecule has 0 spiro atoms. The summed E-state index contributed by atoms with van der Waals surface area (Å²) in [6, 6.07) is 11.3. The van der Waals surface area contributed by atoms with Crippen molar-refractivity contribution in [1.82, 2.24) is 0 Å². The number of carboxylic acids is 1. The van der Waals surface area contributed by atoms with Crippen LogP contribution in [0.1, 0.15) is 18.6 Å². The third kappa shape index (κ3) is 4.37. The molecule has 2 unspecified atom stereocenters. The quantitative estimate of drug-likeness (QED) is 0.708. The van der Waals surface area contributed by atoms with Gasteiger partial charge in [0.1, 0.15) is 6.10 Å². The van der Waals surface area contributed by atoms with Gasteiger partial charge in [0.2, 0.25) is 6.10 Å². The van der Waals surface area contributed by atoms with Gasteiger partial charge in [0, 0.05) is 0 Å². The zero-order valence-corrected chi connectivity index (χ0v) is 14.8. The lowest BCUT2D eigenvalue weighted by Crippen LogP contribution is -2.34. The number of aliphatic hydroxyl groups excluding tert-OH is 1. The second kappa shape index (κ2) is 8.96. The molecule has 0 bridgehead atoms. The Morgan fingerprint density at radius 1 is 1.00 bits per heavy atom. The van der Waals surface area contributed by atoms with E-state index in [4.69, 9.17) is 18.9 Å². The molecule has 0 saturated carbocycles. The first-order chi connectivity index (χ1) is 12.5. The van der Waals surface area contributed by atoms with Gasteiger partial charge in [-0.1, -0.05) is 18.2 Å². The number of benzene rings is 2. The zero-order valence-electron chi connectivity index (χ0n) is 14.8. The normalized spacial score (nSPS) is 12.8. The van der Waals surface area contributed by atoms with Crippen molar-refractivity contribution in [3.63, 3.8) is 0 Å². The molecule has 26 heavy (non-hydrogen) atoms. The molecule has 2 rings (SSSR count). The van der Waals surface area contributed by atoms with E-state index in [-0.39, 0.29) is 5.75 Å². The van der Waals surface area contributed by atoms with Crippen molar-refractivity contribution in [1.29, 1.82) is 0 Å². The van der Waals surface area contributed by atoms with Crippen LogP contribution >= 0.6 is 0 Å². The maximum absolute atomic E-state index is 11.7. The van der Waals surface area contributed by atoms with E-state index in [1.807, 2.05) is 6.92 Å². The molecule has 7 nitrogen and oxygen atoms in total.